The molecule has 0 aromatic carbocycles. The largest absolute Gasteiger partial charge is 0.464 e. The monoisotopic (exact) mass is 174 g/mol. The summed E-state index contributed by atoms with van der Waals surface area (Å²) in [5.74, 6) is 1.26. The Kier molecular flexibility index (Phi) is 1.77. The van der Waals surface area contributed by atoms with Crippen LogP contribution in [0, 0.1) is 6.92 Å². The van der Waals surface area contributed by atoms with Crippen LogP contribution in [0.25, 0.3) is 11.3 Å². The molecule has 3 heteroatoms. The highest BCUT2D eigenvalue weighted by molar-refractivity contribution is 5.69. The SMILES string of the molecule is Cc1cnc(N)c(-c2ccco2)c1. The van der Waals surface area contributed by atoms with Crippen molar-refractivity contribution < 1.29 is 4.42 Å². The fourth-order valence-electron chi connectivity index (χ4n) is 1.21. The first kappa shape index (κ1) is 7.86. The van der Waals surface area contributed by atoms with Gasteiger partial charge in [-0.05, 0) is 30.7 Å². The van der Waals surface area contributed by atoms with Gasteiger partial charge in [0.05, 0.1) is 11.8 Å². The lowest BCUT2D eigenvalue weighted by Gasteiger charge is -2.01. The molecule has 0 saturated heterocycles. The van der Waals surface area contributed by atoms with Crippen LogP contribution in [-0.2, 0) is 0 Å². The third kappa shape index (κ3) is 1.40. The van der Waals surface area contributed by atoms with Crippen molar-refractivity contribution in [1.82, 2.24) is 4.98 Å². The van der Waals surface area contributed by atoms with Gasteiger partial charge < -0.3 is 10.2 Å². The third-order valence-corrected chi connectivity index (χ3v) is 1.84. The van der Waals surface area contributed by atoms with E-state index in [0.29, 0.717) is 5.82 Å². The van der Waals surface area contributed by atoms with E-state index in [4.69, 9.17) is 10.2 Å². The highest BCUT2D eigenvalue weighted by Crippen LogP contribution is 2.24. The van der Waals surface area contributed by atoms with Crippen molar-refractivity contribution in [2.24, 2.45) is 0 Å². The summed E-state index contributed by atoms with van der Waals surface area (Å²) in [6.07, 6.45) is 3.36. The van der Waals surface area contributed by atoms with Crippen LogP contribution in [0.1, 0.15) is 5.56 Å². The number of aryl methyl sites for hydroxylation is 1. The zero-order valence-corrected chi connectivity index (χ0v) is 7.32. The Hall–Kier alpha value is -1.77. The molecule has 0 atom stereocenters. The number of anilines is 1. The van der Waals surface area contributed by atoms with Gasteiger partial charge in [0.25, 0.3) is 0 Å². The molecule has 0 spiro atoms. The molecule has 0 bridgehead atoms. The first-order valence-corrected chi connectivity index (χ1v) is 4.03. The smallest absolute Gasteiger partial charge is 0.137 e. The summed E-state index contributed by atoms with van der Waals surface area (Å²) in [5.41, 5.74) is 7.63. The summed E-state index contributed by atoms with van der Waals surface area (Å²) in [7, 11) is 0. The van der Waals surface area contributed by atoms with Gasteiger partial charge in [-0.1, -0.05) is 0 Å². The second-order valence-corrected chi connectivity index (χ2v) is 2.92. The van der Waals surface area contributed by atoms with E-state index in [-0.39, 0.29) is 0 Å². The van der Waals surface area contributed by atoms with E-state index in [0.717, 1.165) is 16.9 Å². The van der Waals surface area contributed by atoms with Crippen LogP contribution in [0.2, 0.25) is 0 Å². The molecule has 0 saturated carbocycles. The van der Waals surface area contributed by atoms with Gasteiger partial charge in [-0.2, -0.15) is 0 Å². The van der Waals surface area contributed by atoms with E-state index < -0.39 is 0 Å². The van der Waals surface area contributed by atoms with Crippen molar-refractivity contribution >= 4 is 5.82 Å². The number of nitrogen functional groups attached to an aromatic ring is 1. The second kappa shape index (κ2) is 2.94. The predicted octanol–water partition coefficient (Wildman–Crippen LogP) is 2.23. The van der Waals surface area contributed by atoms with Crippen LogP contribution in [0.3, 0.4) is 0 Å². The molecule has 2 heterocycles. The minimum Gasteiger partial charge on any atom is -0.464 e. The molecule has 0 aliphatic carbocycles. The minimum atomic E-state index is 0.501. The van der Waals surface area contributed by atoms with E-state index in [2.05, 4.69) is 4.98 Å². The number of hydrogen-bond acceptors (Lipinski definition) is 3. The molecular weight excluding hydrogens is 164 g/mol. The zero-order valence-electron chi connectivity index (χ0n) is 7.32. The number of pyridine rings is 1. The maximum absolute atomic E-state index is 5.71. The summed E-state index contributed by atoms with van der Waals surface area (Å²) in [4.78, 5) is 4.05. The van der Waals surface area contributed by atoms with Gasteiger partial charge in [-0.3, -0.25) is 0 Å². The number of hydrogen-bond donors (Lipinski definition) is 1. The summed E-state index contributed by atoms with van der Waals surface area (Å²) in [6, 6.07) is 5.66. The summed E-state index contributed by atoms with van der Waals surface area (Å²) < 4.78 is 5.24. The fraction of sp³-hybridized carbons (Fsp3) is 0.100. The average molecular weight is 174 g/mol. The molecule has 3 nitrogen and oxygen atoms in total. The fourth-order valence-corrected chi connectivity index (χ4v) is 1.21. The number of nitrogens with zero attached hydrogens (tertiary/aromatic N) is 1. The van der Waals surface area contributed by atoms with Gasteiger partial charge in [-0.25, -0.2) is 4.98 Å². The first-order chi connectivity index (χ1) is 6.27. The van der Waals surface area contributed by atoms with Crippen molar-refractivity contribution in [3.63, 3.8) is 0 Å². The molecule has 2 aromatic rings. The minimum absolute atomic E-state index is 0.501. The average Bonchev–Trinajstić information content (AvgIpc) is 2.61. The molecule has 0 aliphatic heterocycles. The number of furan rings is 1. The highest BCUT2D eigenvalue weighted by atomic mass is 16.3. The van der Waals surface area contributed by atoms with Crippen LogP contribution >= 0.6 is 0 Å². The van der Waals surface area contributed by atoms with Gasteiger partial charge in [0.1, 0.15) is 11.6 Å². The van der Waals surface area contributed by atoms with Gasteiger partial charge >= 0.3 is 0 Å². The number of rotatable bonds is 1. The van der Waals surface area contributed by atoms with Crippen LogP contribution in [-0.4, -0.2) is 4.98 Å². The lowest BCUT2D eigenvalue weighted by molar-refractivity contribution is 0.582. The van der Waals surface area contributed by atoms with E-state index in [1.54, 1.807) is 12.5 Å². The molecular formula is C10H10N2O. The van der Waals surface area contributed by atoms with Crippen molar-refractivity contribution in [2.45, 2.75) is 6.92 Å². The van der Waals surface area contributed by atoms with Crippen molar-refractivity contribution in [2.75, 3.05) is 5.73 Å². The van der Waals surface area contributed by atoms with Gasteiger partial charge in [0.2, 0.25) is 0 Å². The maximum atomic E-state index is 5.71. The Balaban J connectivity index is 2.57. The van der Waals surface area contributed by atoms with E-state index >= 15 is 0 Å². The van der Waals surface area contributed by atoms with Crippen LogP contribution in [0.5, 0.6) is 0 Å². The van der Waals surface area contributed by atoms with Gasteiger partial charge in [0, 0.05) is 6.20 Å². The molecule has 0 fully saturated rings. The second-order valence-electron chi connectivity index (χ2n) is 2.92. The molecule has 66 valence electrons. The first-order valence-electron chi connectivity index (χ1n) is 4.03. The Bertz CT molecular complexity index is 407. The maximum Gasteiger partial charge on any atom is 0.137 e. The molecule has 0 amide bonds. The van der Waals surface area contributed by atoms with Gasteiger partial charge in [0.15, 0.2) is 0 Å². The molecule has 0 radical (unpaired) electrons. The van der Waals surface area contributed by atoms with E-state index in [1.165, 1.54) is 0 Å². The Labute approximate surface area is 76.2 Å². The van der Waals surface area contributed by atoms with Crippen LogP contribution in [0.15, 0.2) is 35.1 Å². The van der Waals surface area contributed by atoms with Gasteiger partial charge in [-0.15, -0.1) is 0 Å². The van der Waals surface area contributed by atoms with Crippen LogP contribution in [0.4, 0.5) is 5.82 Å². The third-order valence-electron chi connectivity index (χ3n) is 1.84. The lowest BCUT2D eigenvalue weighted by atomic mass is 10.1. The topological polar surface area (TPSA) is 52.0 Å². The normalized spacial score (nSPS) is 10.2. The van der Waals surface area contributed by atoms with Crippen molar-refractivity contribution in [1.29, 1.82) is 0 Å². The Morgan fingerprint density at radius 1 is 1.46 bits per heavy atom. The summed E-state index contributed by atoms with van der Waals surface area (Å²) >= 11 is 0. The van der Waals surface area contributed by atoms with Crippen molar-refractivity contribution in [3.8, 4) is 11.3 Å². The summed E-state index contributed by atoms with van der Waals surface area (Å²) in [6.45, 7) is 1.97. The summed E-state index contributed by atoms with van der Waals surface area (Å²) in [5, 5.41) is 0. The zero-order chi connectivity index (χ0) is 9.26. The van der Waals surface area contributed by atoms with E-state index in [9.17, 15) is 0 Å². The standard InChI is InChI=1S/C10H10N2O/c1-7-5-8(10(11)12-6-7)9-3-2-4-13-9/h2-6H,1H3,(H2,11,12). The quantitative estimate of drug-likeness (QED) is 0.721. The molecule has 2 rings (SSSR count). The van der Waals surface area contributed by atoms with E-state index in [1.807, 2.05) is 25.1 Å². The molecule has 13 heavy (non-hydrogen) atoms. The Morgan fingerprint density at radius 3 is 3.00 bits per heavy atom. The molecule has 0 unspecified atom stereocenters. The highest BCUT2D eigenvalue weighted by Gasteiger charge is 2.05. The number of aromatic nitrogens is 1. The molecule has 2 N–H and O–H groups in total. The molecule has 2 aromatic heterocycles. The van der Waals surface area contributed by atoms with Crippen LogP contribution < -0.4 is 5.73 Å². The Morgan fingerprint density at radius 2 is 2.31 bits per heavy atom. The number of nitrogens with two attached hydrogens (primary N) is 1. The predicted molar refractivity (Wildman–Crippen MR) is 51.1 cm³/mol. The lowest BCUT2D eigenvalue weighted by Crippen LogP contribution is -1.93. The van der Waals surface area contributed by atoms with Crippen molar-refractivity contribution in [3.05, 3.63) is 36.2 Å². The molecule has 0 aliphatic rings.